The lowest BCUT2D eigenvalue weighted by Crippen LogP contribution is -3.08. The number of carbonyl (C=O) groups is 1. The van der Waals surface area contributed by atoms with Crippen LogP contribution in [0.15, 0.2) is 53.4 Å². The molecule has 2 rings (SSSR count). The van der Waals surface area contributed by atoms with Gasteiger partial charge in [-0.1, -0.05) is 64.1 Å². The predicted octanol–water partition coefficient (Wildman–Crippen LogP) is 2.17. The molecule has 1 amide bonds. The number of likely N-dealkylation sites (N-methyl/N-ethyl adjacent to an activating group) is 1. The molecule has 0 saturated carbocycles. The highest BCUT2D eigenvalue weighted by molar-refractivity contribution is 7.89. The summed E-state index contributed by atoms with van der Waals surface area (Å²) < 4.78 is 26.5. The van der Waals surface area contributed by atoms with Crippen molar-refractivity contribution in [3.05, 3.63) is 65.2 Å². The molecule has 2 aromatic carbocycles. The minimum absolute atomic E-state index is 0.0314. The van der Waals surface area contributed by atoms with Crippen molar-refractivity contribution in [2.75, 3.05) is 26.7 Å². The average Bonchev–Trinajstić information content (AvgIpc) is 2.73. The molecule has 31 heavy (non-hydrogen) atoms. The summed E-state index contributed by atoms with van der Waals surface area (Å²) in [4.78, 5) is 13.7. The Morgan fingerprint density at radius 1 is 0.968 bits per heavy atom. The van der Waals surface area contributed by atoms with E-state index in [1.54, 1.807) is 24.3 Å². The molecule has 0 heterocycles. The van der Waals surface area contributed by atoms with Crippen LogP contribution in [0.25, 0.3) is 0 Å². The summed E-state index contributed by atoms with van der Waals surface area (Å²) >= 11 is 0. The molecule has 0 bridgehead atoms. The van der Waals surface area contributed by atoms with Crippen LogP contribution < -0.4 is 10.2 Å². The number of benzene rings is 2. The number of nitrogens with zero attached hydrogens (tertiary/aromatic N) is 1. The molecule has 7 heteroatoms. The van der Waals surface area contributed by atoms with Crippen LogP contribution in [-0.2, 0) is 27.9 Å². The first kappa shape index (κ1) is 25.0. The van der Waals surface area contributed by atoms with Crippen LogP contribution in [0.3, 0.4) is 0 Å². The molecule has 0 aromatic heterocycles. The summed E-state index contributed by atoms with van der Waals surface area (Å²) in [5.74, 6) is 0.479. The minimum Gasteiger partial charge on any atom is -0.347 e. The Hall–Kier alpha value is -2.22. The van der Waals surface area contributed by atoms with Crippen LogP contribution in [0.5, 0.6) is 0 Å². The van der Waals surface area contributed by atoms with E-state index in [0.29, 0.717) is 32.1 Å². The highest BCUT2D eigenvalue weighted by atomic mass is 32.2. The normalized spacial score (nSPS) is 12.9. The lowest BCUT2D eigenvalue weighted by Gasteiger charge is -2.18. The maximum Gasteiger partial charge on any atom is 0.275 e. The van der Waals surface area contributed by atoms with Gasteiger partial charge in [-0.05, 0) is 29.2 Å². The van der Waals surface area contributed by atoms with E-state index < -0.39 is 10.0 Å². The second-order valence-corrected chi connectivity index (χ2v) is 10.2. The monoisotopic (exact) mass is 446 g/mol. The van der Waals surface area contributed by atoms with Crippen molar-refractivity contribution in [1.82, 2.24) is 9.62 Å². The summed E-state index contributed by atoms with van der Waals surface area (Å²) in [5.41, 5.74) is 3.39. The number of nitrogens with one attached hydrogen (secondary N) is 2. The number of carbonyl (C=O) groups excluding carboxylic acids is 1. The number of hydrogen-bond acceptors (Lipinski definition) is 3. The fourth-order valence-corrected chi connectivity index (χ4v) is 4.92. The van der Waals surface area contributed by atoms with Crippen LogP contribution >= 0.6 is 0 Å². The molecule has 0 saturated heterocycles. The Bertz CT molecular complexity index is 935. The Morgan fingerprint density at radius 3 is 2.03 bits per heavy atom. The maximum atomic E-state index is 12.5. The number of rotatable bonds is 11. The third-order valence-corrected chi connectivity index (χ3v) is 7.43. The van der Waals surface area contributed by atoms with Crippen molar-refractivity contribution < 1.29 is 18.1 Å². The van der Waals surface area contributed by atoms with Crippen LogP contribution in [0.4, 0.5) is 0 Å². The van der Waals surface area contributed by atoms with E-state index in [4.69, 9.17) is 0 Å². The fourth-order valence-electron chi connectivity index (χ4n) is 3.46. The minimum atomic E-state index is -3.46. The third kappa shape index (κ3) is 7.16. The Kier molecular flexibility index (Phi) is 9.22. The second-order valence-electron chi connectivity index (χ2n) is 8.22. The van der Waals surface area contributed by atoms with E-state index in [1.807, 2.05) is 20.9 Å². The molecule has 0 spiro atoms. The van der Waals surface area contributed by atoms with E-state index in [-0.39, 0.29) is 10.8 Å². The lowest BCUT2D eigenvalue weighted by atomic mass is 10.0. The molecule has 0 radical (unpaired) electrons. The molecule has 1 unspecified atom stereocenters. The molecule has 0 aliphatic rings. The quantitative estimate of drug-likeness (QED) is 0.556. The van der Waals surface area contributed by atoms with E-state index in [1.165, 1.54) is 15.4 Å². The standard InChI is InChI=1S/C24H35N3O3S/c1-6-27(7-2)31(29,30)23-14-10-20(11-15-23)16-25-24(28)18-26(5)17-21-8-12-22(13-9-21)19(3)4/h8-15,19H,6-7,16-18H2,1-5H3,(H,25,28)/p+1. The van der Waals surface area contributed by atoms with Gasteiger partial charge < -0.3 is 10.2 Å². The largest absolute Gasteiger partial charge is 0.347 e. The van der Waals surface area contributed by atoms with Gasteiger partial charge in [0, 0.05) is 25.2 Å². The number of quaternary nitrogens is 1. The molecule has 6 nitrogen and oxygen atoms in total. The summed E-state index contributed by atoms with van der Waals surface area (Å²) in [7, 11) is -1.46. The van der Waals surface area contributed by atoms with Gasteiger partial charge in [-0.2, -0.15) is 4.31 Å². The Morgan fingerprint density at radius 2 is 1.52 bits per heavy atom. The van der Waals surface area contributed by atoms with Crippen LogP contribution in [0.2, 0.25) is 0 Å². The summed E-state index contributed by atoms with van der Waals surface area (Å²) in [5, 5.41) is 2.92. The number of sulfonamides is 1. The van der Waals surface area contributed by atoms with E-state index in [9.17, 15) is 13.2 Å². The fraction of sp³-hybridized carbons (Fsp3) is 0.458. The first-order chi connectivity index (χ1) is 14.7. The summed E-state index contributed by atoms with van der Waals surface area (Å²) in [6, 6.07) is 15.3. The zero-order valence-corrected chi connectivity index (χ0v) is 20.1. The molecular formula is C24H36N3O3S+. The molecule has 2 N–H and O–H groups in total. The smallest absolute Gasteiger partial charge is 0.275 e. The van der Waals surface area contributed by atoms with E-state index >= 15 is 0 Å². The summed E-state index contributed by atoms with van der Waals surface area (Å²) in [6.45, 7) is 10.4. The summed E-state index contributed by atoms with van der Waals surface area (Å²) in [6.07, 6.45) is 0. The molecule has 170 valence electrons. The van der Waals surface area contributed by atoms with Gasteiger partial charge in [0.25, 0.3) is 5.91 Å². The van der Waals surface area contributed by atoms with Crippen molar-refractivity contribution in [2.45, 2.75) is 51.6 Å². The number of hydrogen-bond donors (Lipinski definition) is 2. The molecule has 0 aliphatic heterocycles. The molecular weight excluding hydrogens is 410 g/mol. The van der Waals surface area contributed by atoms with Gasteiger partial charge in [0.2, 0.25) is 10.0 Å². The van der Waals surface area contributed by atoms with Crippen molar-refractivity contribution in [3.8, 4) is 0 Å². The van der Waals surface area contributed by atoms with Crippen LogP contribution in [0.1, 0.15) is 50.3 Å². The van der Waals surface area contributed by atoms with E-state index in [2.05, 4.69) is 43.4 Å². The molecule has 1 atom stereocenters. The zero-order chi connectivity index (χ0) is 23.0. The zero-order valence-electron chi connectivity index (χ0n) is 19.3. The molecule has 0 fully saturated rings. The van der Waals surface area contributed by atoms with Gasteiger partial charge in [0.1, 0.15) is 6.54 Å². The van der Waals surface area contributed by atoms with Crippen molar-refractivity contribution >= 4 is 15.9 Å². The molecule has 0 aliphatic carbocycles. The van der Waals surface area contributed by atoms with Gasteiger partial charge >= 0.3 is 0 Å². The second kappa shape index (κ2) is 11.4. The van der Waals surface area contributed by atoms with Gasteiger partial charge in [-0.3, -0.25) is 4.79 Å². The van der Waals surface area contributed by atoms with Gasteiger partial charge in [-0.25, -0.2) is 8.42 Å². The topological polar surface area (TPSA) is 70.9 Å². The van der Waals surface area contributed by atoms with Crippen molar-refractivity contribution in [3.63, 3.8) is 0 Å². The first-order valence-corrected chi connectivity index (χ1v) is 12.4. The van der Waals surface area contributed by atoms with Gasteiger partial charge in [0.05, 0.1) is 11.9 Å². The maximum absolute atomic E-state index is 12.5. The Labute approximate surface area is 187 Å². The Balaban J connectivity index is 1.85. The highest BCUT2D eigenvalue weighted by Gasteiger charge is 2.21. The molecule has 2 aromatic rings. The first-order valence-electron chi connectivity index (χ1n) is 10.9. The van der Waals surface area contributed by atoms with Gasteiger partial charge in [-0.15, -0.1) is 0 Å². The van der Waals surface area contributed by atoms with Crippen molar-refractivity contribution in [2.24, 2.45) is 0 Å². The SMILES string of the molecule is CCN(CC)S(=O)(=O)c1ccc(CNC(=O)C[NH+](C)Cc2ccc(C(C)C)cc2)cc1. The average molecular weight is 447 g/mol. The van der Waals surface area contributed by atoms with Crippen molar-refractivity contribution in [1.29, 1.82) is 0 Å². The van der Waals surface area contributed by atoms with E-state index in [0.717, 1.165) is 17.0 Å². The highest BCUT2D eigenvalue weighted by Crippen LogP contribution is 2.16. The lowest BCUT2D eigenvalue weighted by molar-refractivity contribution is -0.885. The van der Waals surface area contributed by atoms with Gasteiger partial charge in [0.15, 0.2) is 6.54 Å². The van der Waals surface area contributed by atoms with Crippen LogP contribution in [0, 0.1) is 0 Å². The predicted molar refractivity (Wildman–Crippen MR) is 124 cm³/mol. The number of amides is 1. The third-order valence-electron chi connectivity index (χ3n) is 5.37. The van der Waals surface area contributed by atoms with Crippen LogP contribution in [-0.4, -0.2) is 45.3 Å².